The highest BCUT2D eigenvalue weighted by atomic mass is 35.5. The molecule has 0 saturated carbocycles. The number of sulfone groups is 1. The van der Waals surface area contributed by atoms with Crippen LogP contribution in [0.15, 0.2) is 75.3 Å². The molecule has 1 unspecified atom stereocenters. The number of rotatable bonds is 8. The third-order valence-electron chi connectivity index (χ3n) is 5.30. The minimum Gasteiger partial charge on any atom is -0.491 e. The second kappa shape index (κ2) is 10.4. The summed E-state index contributed by atoms with van der Waals surface area (Å²) in [5.74, 6) is -1.05. The molecule has 7 nitrogen and oxygen atoms in total. The fourth-order valence-corrected chi connectivity index (χ4v) is 5.81. The smallest absolute Gasteiger partial charge is 0.336 e. The van der Waals surface area contributed by atoms with E-state index in [1.165, 1.54) is 19.2 Å². The fourth-order valence-electron chi connectivity index (χ4n) is 3.80. The van der Waals surface area contributed by atoms with Crippen LogP contribution in [0.2, 0.25) is 5.02 Å². The van der Waals surface area contributed by atoms with Crippen LogP contribution >= 0.6 is 11.6 Å². The van der Waals surface area contributed by atoms with Gasteiger partial charge in [-0.15, -0.1) is 0 Å². The second-order valence-corrected chi connectivity index (χ2v) is 9.74. The van der Waals surface area contributed by atoms with Gasteiger partial charge in [-0.2, -0.15) is 0 Å². The summed E-state index contributed by atoms with van der Waals surface area (Å²) in [6, 6.07) is 13.0. The number of dihydropyridines is 1. The molecule has 3 rings (SSSR count). The molecule has 9 heteroatoms. The van der Waals surface area contributed by atoms with Crippen molar-refractivity contribution in [2.24, 2.45) is 0 Å². The van der Waals surface area contributed by atoms with E-state index in [0.717, 1.165) is 0 Å². The number of ether oxygens (including phenoxy) is 3. The van der Waals surface area contributed by atoms with Crippen molar-refractivity contribution in [2.45, 2.75) is 24.7 Å². The molecule has 0 spiro atoms. The Morgan fingerprint density at radius 1 is 1.00 bits per heavy atom. The zero-order valence-electron chi connectivity index (χ0n) is 18.8. The van der Waals surface area contributed by atoms with Crippen LogP contribution in [0.25, 0.3) is 0 Å². The van der Waals surface area contributed by atoms with Crippen LogP contribution in [-0.4, -0.2) is 41.8 Å². The van der Waals surface area contributed by atoms with Crippen molar-refractivity contribution in [3.8, 4) is 5.75 Å². The van der Waals surface area contributed by atoms with Crippen molar-refractivity contribution in [2.75, 3.05) is 27.4 Å². The molecule has 33 heavy (non-hydrogen) atoms. The van der Waals surface area contributed by atoms with E-state index in [2.05, 4.69) is 5.32 Å². The van der Waals surface area contributed by atoms with E-state index in [1.807, 2.05) is 0 Å². The van der Waals surface area contributed by atoms with Gasteiger partial charge in [0, 0.05) is 23.5 Å². The lowest BCUT2D eigenvalue weighted by atomic mass is 9.86. The lowest BCUT2D eigenvalue weighted by Gasteiger charge is -2.31. The molecule has 0 radical (unpaired) electrons. The van der Waals surface area contributed by atoms with Gasteiger partial charge in [-0.25, -0.2) is 13.2 Å². The van der Waals surface area contributed by atoms with Crippen LogP contribution in [0.5, 0.6) is 5.75 Å². The summed E-state index contributed by atoms with van der Waals surface area (Å²) in [6.45, 7) is 4.13. The highest BCUT2D eigenvalue weighted by Gasteiger charge is 2.41. The maximum atomic E-state index is 13.9. The van der Waals surface area contributed by atoms with Crippen LogP contribution in [-0.2, 0) is 24.1 Å². The van der Waals surface area contributed by atoms with Crippen molar-refractivity contribution < 1.29 is 27.4 Å². The Morgan fingerprint density at radius 3 is 2.27 bits per heavy atom. The van der Waals surface area contributed by atoms with Crippen LogP contribution < -0.4 is 10.1 Å². The quantitative estimate of drug-likeness (QED) is 0.437. The number of esters is 1. The average Bonchev–Trinajstić information content (AvgIpc) is 2.79. The van der Waals surface area contributed by atoms with E-state index in [0.29, 0.717) is 40.9 Å². The molecule has 0 bridgehead atoms. The van der Waals surface area contributed by atoms with E-state index in [9.17, 15) is 13.2 Å². The van der Waals surface area contributed by atoms with Gasteiger partial charge in [0.2, 0.25) is 9.84 Å². The highest BCUT2D eigenvalue weighted by molar-refractivity contribution is 7.95. The molecular formula is C24H26ClNO6S. The summed E-state index contributed by atoms with van der Waals surface area (Å²) in [4.78, 5) is 12.9. The minimum absolute atomic E-state index is 0.0367. The topological polar surface area (TPSA) is 90.9 Å². The lowest BCUT2D eigenvalue weighted by molar-refractivity contribution is -0.136. The summed E-state index contributed by atoms with van der Waals surface area (Å²) in [7, 11) is -1.20. The fraction of sp³-hybridized carbons (Fsp3) is 0.292. The first kappa shape index (κ1) is 24.8. The molecule has 0 amide bonds. The van der Waals surface area contributed by atoms with Crippen LogP contribution in [0.4, 0.5) is 0 Å². The molecule has 176 valence electrons. The molecule has 2 aromatic carbocycles. The van der Waals surface area contributed by atoms with Crippen molar-refractivity contribution in [3.05, 3.63) is 81.0 Å². The Bertz CT molecular complexity index is 1200. The third kappa shape index (κ3) is 5.08. The van der Waals surface area contributed by atoms with Crippen molar-refractivity contribution in [1.29, 1.82) is 0 Å². The number of nitrogens with one attached hydrogen (secondary N) is 1. The molecule has 1 aliphatic rings. The number of allylic oxidation sites excluding steroid dienone is 3. The first-order valence-corrected chi connectivity index (χ1v) is 12.1. The zero-order chi connectivity index (χ0) is 24.2. The Kier molecular flexibility index (Phi) is 7.84. The van der Waals surface area contributed by atoms with E-state index >= 15 is 0 Å². The SMILES string of the molecule is COCCOc1ccc(S(=O)(=O)C2=C(C)NC(C)=C(C(=O)OC)C2c2ccccc2Cl)cc1. The molecule has 2 aromatic rings. The van der Waals surface area contributed by atoms with Crippen LogP contribution in [0.1, 0.15) is 25.3 Å². The van der Waals surface area contributed by atoms with E-state index < -0.39 is 21.7 Å². The molecule has 0 aromatic heterocycles. The first-order valence-electron chi connectivity index (χ1n) is 10.2. The minimum atomic E-state index is -4.03. The summed E-state index contributed by atoms with van der Waals surface area (Å²) < 4.78 is 43.2. The van der Waals surface area contributed by atoms with Crippen LogP contribution in [0, 0.1) is 0 Å². The predicted molar refractivity (Wildman–Crippen MR) is 126 cm³/mol. The number of hydrogen-bond donors (Lipinski definition) is 1. The Hall–Kier alpha value is -2.81. The monoisotopic (exact) mass is 491 g/mol. The van der Waals surface area contributed by atoms with Gasteiger partial charge in [-0.05, 0) is 49.7 Å². The summed E-state index contributed by atoms with van der Waals surface area (Å²) in [5.41, 5.74) is 1.60. The molecule has 1 atom stereocenters. The number of benzene rings is 2. The van der Waals surface area contributed by atoms with Gasteiger partial charge in [-0.1, -0.05) is 29.8 Å². The molecule has 1 N–H and O–H groups in total. The van der Waals surface area contributed by atoms with Gasteiger partial charge in [0.25, 0.3) is 0 Å². The number of carbonyl (C=O) groups excluding carboxylic acids is 1. The molecule has 1 aliphatic heterocycles. The zero-order valence-corrected chi connectivity index (χ0v) is 20.4. The van der Waals surface area contributed by atoms with Gasteiger partial charge in [0.15, 0.2) is 0 Å². The first-order chi connectivity index (χ1) is 15.7. The van der Waals surface area contributed by atoms with E-state index in [1.54, 1.807) is 57.4 Å². The van der Waals surface area contributed by atoms with Crippen molar-refractivity contribution in [1.82, 2.24) is 5.32 Å². The number of methoxy groups -OCH3 is 2. The molecule has 1 heterocycles. The van der Waals surface area contributed by atoms with Gasteiger partial charge < -0.3 is 19.5 Å². The highest BCUT2D eigenvalue weighted by Crippen LogP contribution is 2.45. The maximum Gasteiger partial charge on any atom is 0.336 e. The lowest BCUT2D eigenvalue weighted by Crippen LogP contribution is -2.31. The molecule has 0 saturated heterocycles. The number of halogens is 1. The van der Waals surface area contributed by atoms with Crippen LogP contribution in [0.3, 0.4) is 0 Å². The normalized spacial score (nSPS) is 16.5. The number of hydrogen-bond acceptors (Lipinski definition) is 7. The van der Waals surface area contributed by atoms with E-state index in [-0.39, 0.29) is 15.4 Å². The second-order valence-electron chi connectivity index (χ2n) is 7.42. The largest absolute Gasteiger partial charge is 0.491 e. The molecule has 0 aliphatic carbocycles. The summed E-state index contributed by atoms with van der Waals surface area (Å²) in [5, 5.41) is 3.38. The van der Waals surface area contributed by atoms with Gasteiger partial charge in [-0.3, -0.25) is 0 Å². The standard InChI is InChI=1S/C24H26ClNO6S/c1-15-21(24(27)31-4)22(19-7-5-6-8-20(19)25)23(16(2)26-15)33(28,29)18-11-9-17(10-12-18)32-14-13-30-3/h5-12,22,26H,13-14H2,1-4H3. The Labute approximate surface area is 198 Å². The van der Waals surface area contributed by atoms with Gasteiger partial charge >= 0.3 is 5.97 Å². The Morgan fingerprint density at radius 2 is 1.67 bits per heavy atom. The summed E-state index contributed by atoms with van der Waals surface area (Å²) >= 11 is 6.47. The van der Waals surface area contributed by atoms with Crippen molar-refractivity contribution in [3.63, 3.8) is 0 Å². The van der Waals surface area contributed by atoms with E-state index in [4.69, 9.17) is 25.8 Å². The summed E-state index contributed by atoms with van der Waals surface area (Å²) in [6.07, 6.45) is 0. The molecule has 0 fully saturated rings. The van der Waals surface area contributed by atoms with Gasteiger partial charge in [0.1, 0.15) is 12.4 Å². The average molecular weight is 492 g/mol. The predicted octanol–water partition coefficient (Wildman–Crippen LogP) is 4.20. The van der Waals surface area contributed by atoms with Crippen molar-refractivity contribution >= 4 is 27.4 Å². The number of carbonyl (C=O) groups is 1. The Balaban J connectivity index is 2.13. The van der Waals surface area contributed by atoms with Gasteiger partial charge in [0.05, 0.1) is 35.0 Å². The third-order valence-corrected chi connectivity index (χ3v) is 7.66. The molecular weight excluding hydrogens is 466 g/mol. The maximum absolute atomic E-state index is 13.9.